The number of fused-ring (bicyclic) bond motifs is 1. The largest absolute Gasteiger partial charge is 0.493 e. The molecule has 7 heteroatoms. The number of methoxy groups -OCH3 is 2. The summed E-state index contributed by atoms with van der Waals surface area (Å²) < 4.78 is 12.9. The van der Waals surface area contributed by atoms with Gasteiger partial charge in [-0.2, -0.15) is 5.10 Å². The van der Waals surface area contributed by atoms with Gasteiger partial charge in [0.05, 0.1) is 32.2 Å². The molecule has 158 valence electrons. The van der Waals surface area contributed by atoms with Crippen LogP contribution < -0.4 is 9.47 Å². The van der Waals surface area contributed by atoms with Crippen molar-refractivity contribution >= 4 is 11.6 Å². The fourth-order valence-electron chi connectivity index (χ4n) is 4.24. The molecule has 1 aliphatic heterocycles. The fraction of sp³-hybridized carbons (Fsp3) is 0.435. The minimum absolute atomic E-state index is 0.0516. The Morgan fingerprint density at radius 2 is 1.80 bits per heavy atom. The van der Waals surface area contributed by atoms with E-state index in [2.05, 4.69) is 21.7 Å². The maximum Gasteiger partial charge on any atom is 0.246 e. The molecule has 2 unspecified atom stereocenters. The summed E-state index contributed by atoms with van der Waals surface area (Å²) in [7, 11) is 3.26. The zero-order valence-electron chi connectivity index (χ0n) is 17.5. The highest BCUT2D eigenvalue weighted by Gasteiger charge is 2.39. The number of aryl methyl sites for hydroxylation is 1. The number of nitrogens with zero attached hydrogens (tertiary/aromatic N) is 4. The molecule has 1 amide bonds. The van der Waals surface area contributed by atoms with Crippen LogP contribution in [0.1, 0.15) is 31.2 Å². The van der Waals surface area contributed by atoms with Gasteiger partial charge in [-0.1, -0.05) is 12.2 Å². The second-order valence-electron chi connectivity index (χ2n) is 7.68. The molecule has 0 saturated heterocycles. The number of hydrogen-bond acceptors (Lipinski definition) is 5. The van der Waals surface area contributed by atoms with Crippen molar-refractivity contribution in [1.82, 2.24) is 14.6 Å². The number of ether oxygens (including phenoxy) is 2. The Labute approximate surface area is 177 Å². The van der Waals surface area contributed by atoms with E-state index in [-0.39, 0.29) is 17.7 Å². The van der Waals surface area contributed by atoms with Crippen molar-refractivity contribution in [2.45, 2.75) is 32.2 Å². The smallest absolute Gasteiger partial charge is 0.246 e. The first-order valence-electron chi connectivity index (χ1n) is 10.4. The van der Waals surface area contributed by atoms with Gasteiger partial charge >= 0.3 is 0 Å². The van der Waals surface area contributed by atoms with Crippen LogP contribution in [-0.2, 0) is 11.3 Å². The summed E-state index contributed by atoms with van der Waals surface area (Å²) in [5.74, 6) is 1.54. The number of unbranched alkanes of at least 4 members (excludes halogenated alkanes) is 1. The second kappa shape index (κ2) is 9.15. The van der Waals surface area contributed by atoms with E-state index < -0.39 is 0 Å². The molecule has 30 heavy (non-hydrogen) atoms. The van der Waals surface area contributed by atoms with Gasteiger partial charge in [0.1, 0.15) is 0 Å². The lowest BCUT2D eigenvalue weighted by Gasteiger charge is -2.37. The van der Waals surface area contributed by atoms with E-state index in [4.69, 9.17) is 14.6 Å². The number of carbonyl (C=O) groups is 1. The lowest BCUT2D eigenvalue weighted by molar-refractivity contribution is -0.137. The molecule has 2 atom stereocenters. The normalized spacial score (nSPS) is 20.7. The lowest BCUT2D eigenvalue weighted by atomic mass is 9.76. The van der Waals surface area contributed by atoms with Crippen molar-refractivity contribution in [1.29, 1.82) is 0 Å². The maximum atomic E-state index is 13.1. The minimum Gasteiger partial charge on any atom is -0.493 e. The van der Waals surface area contributed by atoms with E-state index in [0.29, 0.717) is 18.0 Å². The molecule has 0 N–H and O–H groups in total. The summed E-state index contributed by atoms with van der Waals surface area (Å²) in [4.78, 5) is 17.2. The molecule has 0 radical (unpaired) electrons. The zero-order valence-corrected chi connectivity index (χ0v) is 17.5. The zero-order chi connectivity index (χ0) is 20.9. The van der Waals surface area contributed by atoms with E-state index in [1.54, 1.807) is 25.4 Å². The Morgan fingerprint density at radius 3 is 2.53 bits per heavy atom. The second-order valence-corrected chi connectivity index (χ2v) is 7.68. The van der Waals surface area contributed by atoms with Gasteiger partial charge in [0.25, 0.3) is 0 Å². The maximum absolute atomic E-state index is 13.1. The number of amides is 1. The van der Waals surface area contributed by atoms with Crippen molar-refractivity contribution in [3.63, 3.8) is 0 Å². The lowest BCUT2D eigenvalue weighted by Crippen LogP contribution is -2.45. The highest BCUT2D eigenvalue weighted by atomic mass is 16.5. The van der Waals surface area contributed by atoms with Gasteiger partial charge in [-0.05, 0) is 43.9 Å². The number of benzene rings is 1. The van der Waals surface area contributed by atoms with Gasteiger partial charge in [0, 0.05) is 37.0 Å². The van der Waals surface area contributed by atoms with E-state index in [0.717, 1.165) is 43.5 Å². The van der Waals surface area contributed by atoms with E-state index in [1.807, 2.05) is 30.7 Å². The molecule has 1 aromatic carbocycles. The molecule has 0 bridgehead atoms. The Bertz CT molecular complexity index is 936. The highest BCUT2D eigenvalue weighted by Crippen LogP contribution is 2.36. The van der Waals surface area contributed by atoms with E-state index in [9.17, 15) is 4.79 Å². The molecule has 0 spiro atoms. The SMILES string of the molecule is COc1ccc(C2=NN(CCCCn3ccnc3)C(=O)C3CC=CCC23)cc1OC. The van der Waals surface area contributed by atoms with Crippen LogP contribution in [0.3, 0.4) is 0 Å². The van der Waals surface area contributed by atoms with E-state index >= 15 is 0 Å². The fourth-order valence-corrected chi connectivity index (χ4v) is 4.24. The molecule has 4 rings (SSSR count). The van der Waals surface area contributed by atoms with Crippen molar-refractivity contribution in [2.24, 2.45) is 16.9 Å². The van der Waals surface area contributed by atoms with Gasteiger partial charge in [-0.15, -0.1) is 0 Å². The number of allylic oxidation sites excluding steroid dienone is 2. The molecule has 2 aliphatic rings. The molecular weight excluding hydrogens is 380 g/mol. The third kappa shape index (κ3) is 4.10. The van der Waals surface area contributed by atoms with Gasteiger partial charge < -0.3 is 14.0 Å². The van der Waals surface area contributed by atoms with Gasteiger partial charge in [0.15, 0.2) is 11.5 Å². The number of carbonyl (C=O) groups excluding carboxylic acids is 1. The van der Waals surface area contributed by atoms with Gasteiger partial charge in [-0.25, -0.2) is 9.99 Å². The Kier molecular flexibility index (Phi) is 6.16. The number of hydrazone groups is 1. The number of rotatable bonds is 8. The van der Waals surface area contributed by atoms with Crippen molar-refractivity contribution in [3.8, 4) is 11.5 Å². The van der Waals surface area contributed by atoms with Crippen molar-refractivity contribution in [3.05, 3.63) is 54.6 Å². The number of hydrogen-bond donors (Lipinski definition) is 0. The standard InChI is InChI=1S/C23H28N4O3/c1-29-20-10-9-17(15-21(20)30-2)22-18-7-3-4-8-19(18)23(28)27(25-22)13-6-5-12-26-14-11-24-16-26/h3-4,9-11,14-16,18-19H,5-8,12-13H2,1-2H3. The average molecular weight is 409 g/mol. The van der Waals surface area contributed by atoms with Crippen LogP contribution in [0.5, 0.6) is 11.5 Å². The number of imidazole rings is 1. The Morgan fingerprint density at radius 1 is 1.03 bits per heavy atom. The molecule has 1 aliphatic carbocycles. The third-order valence-corrected chi connectivity index (χ3v) is 5.86. The minimum atomic E-state index is -0.0516. The molecule has 2 heterocycles. The highest BCUT2D eigenvalue weighted by molar-refractivity contribution is 6.07. The van der Waals surface area contributed by atoms with Crippen LogP contribution in [0.25, 0.3) is 0 Å². The summed E-state index contributed by atoms with van der Waals surface area (Å²) in [5.41, 5.74) is 1.94. The predicted octanol–water partition coefficient (Wildman–Crippen LogP) is 3.51. The first-order valence-corrected chi connectivity index (χ1v) is 10.4. The van der Waals surface area contributed by atoms with Crippen LogP contribution in [0, 0.1) is 11.8 Å². The average Bonchev–Trinajstić information content (AvgIpc) is 3.31. The first kappa shape index (κ1) is 20.2. The Balaban J connectivity index is 1.55. The van der Waals surface area contributed by atoms with Crippen LogP contribution in [0.15, 0.2) is 54.2 Å². The quantitative estimate of drug-likeness (QED) is 0.495. The molecule has 2 aromatic rings. The van der Waals surface area contributed by atoms with Crippen molar-refractivity contribution in [2.75, 3.05) is 20.8 Å². The van der Waals surface area contributed by atoms with Crippen LogP contribution >= 0.6 is 0 Å². The summed E-state index contributed by atoms with van der Waals surface area (Å²) in [5, 5.41) is 6.51. The predicted molar refractivity (Wildman–Crippen MR) is 115 cm³/mol. The van der Waals surface area contributed by atoms with Gasteiger partial charge in [-0.3, -0.25) is 4.79 Å². The number of aromatic nitrogens is 2. The first-order chi connectivity index (χ1) is 14.7. The molecule has 1 aromatic heterocycles. The molecular formula is C23H28N4O3. The summed E-state index contributed by atoms with van der Waals surface area (Å²) in [6, 6.07) is 5.86. The van der Waals surface area contributed by atoms with Gasteiger partial charge in [0.2, 0.25) is 5.91 Å². The topological polar surface area (TPSA) is 69.0 Å². The monoisotopic (exact) mass is 408 g/mol. The third-order valence-electron chi connectivity index (χ3n) is 5.86. The Hall–Kier alpha value is -3.09. The molecule has 0 fully saturated rings. The summed E-state index contributed by atoms with van der Waals surface area (Å²) in [6.07, 6.45) is 13.3. The van der Waals surface area contributed by atoms with Crippen LogP contribution in [0.2, 0.25) is 0 Å². The molecule has 7 nitrogen and oxygen atoms in total. The van der Waals surface area contributed by atoms with Crippen LogP contribution in [-0.4, -0.2) is 46.9 Å². The van der Waals surface area contributed by atoms with Crippen LogP contribution in [0.4, 0.5) is 0 Å². The summed E-state index contributed by atoms with van der Waals surface area (Å²) >= 11 is 0. The van der Waals surface area contributed by atoms with E-state index in [1.165, 1.54) is 0 Å². The summed E-state index contributed by atoms with van der Waals surface area (Å²) in [6.45, 7) is 1.51. The molecule has 0 saturated carbocycles. The van der Waals surface area contributed by atoms with Crippen molar-refractivity contribution < 1.29 is 14.3 Å².